The molecule has 0 fully saturated rings. The third-order valence-corrected chi connectivity index (χ3v) is 2.99. The number of aryl methyl sites for hydroxylation is 2. The monoisotopic (exact) mass is 276 g/mol. The number of carbonyl (C=O) groups excluding carboxylic acids is 2. The van der Waals surface area contributed by atoms with Crippen molar-refractivity contribution in [2.45, 2.75) is 33.6 Å². The minimum absolute atomic E-state index is 0.0130. The molecule has 0 atom stereocenters. The molecule has 0 aliphatic carbocycles. The molecule has 4 nitrogen and oxygen atoms in total. The maximum atomic E-state index is 11.7. The van der Waals surface area contributed by atoms with Crippen LogP contribution in [0, 0.1) is 12.8 Å². The first-order chi connectivity index (χ1) is 9.49. The van der Waals surface area contributed by atoms with Gasteiger partial charge < -0.3 is 10.6 Å². The summed E-state index contributed by atoms with van der Waals surface area (Å²) in [6.45, 7) is 6.69. The Labute approximate surface area is 121 Å². The van der Waals surface area contributed by atoms with E-state index in [9.17, 15) is 9.59 Å². The summed E-state index contributed by atoms with van der Waals surface area (Å²) < 4.78 is 0. The highest BCUT2D eigenvalue weighted by atomic mass is 16.2. The average molecular weight is 276 g/mol. The van der Waals surface area contributed by atoms with E-state index in [1.807, 2.05) is 39.0 Å². The van der Waals surface area contributed by atoms with Gasteiger partial charge in [-0.15, -0.1) is 0 Å². The molecule has 0 aliphatic heterocycles. The lowest BCUT2D eigenvalue weighted by atomic mass is 10.1. The van der Waals surface area contributed by atoms with Crippen LogP contribution in [-0.4, -0.2) is 24.9 Å². The third-order valence-electron chi connectivity index (χ3n) is 2.99. The van der Waals surface area contributed by atoms with E-state index in [-0.39, 0.29) is 17.7 Å². The van der Waals surface area contributed by atoms with Gasteiger partial charge in [0.15, 0.2) is 0 Å². The van der Waals surface area contributed by atoms with Crippen molar-refractivity contribution in [1.82, 2.24) is 10.6 Å². The van der Waals surface area contributed by atoms with Gasteiger partial charge in [0.25, 0.3) is 0 Å². The molecule has 0 aromatic heterocycles. The van der Waals surface area contributed by atoms with Crippen LogP contribution >= 0.6 is 0 Å². The lowest BCUT2D eigenvalue weighted by molar-refractivity contribution is -0.124. The van der Waals surface area contributed by atoms with Gasteiger partial charge in [-0.2, -0.15) is 0 Å². The van der Waals surface area contributed by atoms with Gasteiger partial charge in [0.2, 0.25) is 11.8 Å². The molecule has 0 radical (unpaired) electrons. The Morgan fingerprint density at radius 1 is 1.15 bits per heavy atom. The minimum atomic E-state index is -0.0213. The fourth-order valence-electron chi connectivity index (χ4n) is 1.81. The van der Waals surface area contributed by atoms with Crippen LogP contribution in [0.3, 0.4) is 0 Å². The Hall–Kier alpha value is -1.84. The highest BCUT2D eigenvalue weighted by Gasteiger charge is 2.06. The molecule has 0 heterocycles. The van der Waals surface area contributed by atoms with Crippen molar-refractivity contribution in [3.63, 3.8) is 0 Å². The summed E-state index contributed by atoms with van der Waals surface area (Å²) in [5, 5.41) is 5.57. The number of amides is 2. The summed E-state index contributed by atoms with van der Waals surface area (Å²) in [5.74, 6) is 0.0105. The van der Waals surface area contributed by atoms with E-state index in [0.717, 1.165) is 6.42 Å². The van der Waals surface area contributed by atoms with E-state index < -0.39 is 0 Å². The van der Waals surface area contributed by atoms with Gasteiger partial charge >= 0.3 is 0 Å². The van der Waals surface area contributed by atoms with E-state index in [2.05, 4.69) is 16.7 Å². The van der Waals surface area contributed by atoms with Gasteiger partial charge in [-0.1, -0.05) is 43.7 Å². The number of hydrogen-bond donors (Lipinski definition) is 2. The van der Waals surface area contributed by atoms with Crippen molar-refractivity contribution in [2.24, 2.45) is 5.92 Å². The van der Waals surface area contributed by atoms with E-state index >= 15 is 0 Å². The summed E-state index contributed by atoms with van der Waals surface area (Å²) in [5.41, 5.74) is 2.38. The third kappa shape index (κ3) is 6.36. The highest BCUT2D eigenvalue weighted by molar-refractivity contribution is 5.78. The first kappa shape index (κ1) is 16.2. The van der Waals surface area contributed by atoms with Crippen LogP contribution in [0.15, 0.2) is 24.3 Å². The molecule has 110 valence electrons. The van der Waals surface area contributed by atoms with E-state index in [1.54, 1.807) is 0 Å². The van der Waals surface area contributed by atoms with Gasteiger partial charge in [-0.05, 0) is 18.9 Å². The molecule has 0 unspecified atom stereocenters. The fraction of sp³-hybridized carbons (Fsp3) is 0.500. The topological polar surface area (TPSA) is 58.2 Å². The lowest BCUT2D eigenvalue weighted by Gasteiger charge is -2.09. The quantitative estimate of drug-likeness (QED) is 0.746. The smallest absolute Gasteiger partial charge is 0.222 e. The van der Waals surface area contributed by atoms with Crippen LogP contribution in [0.2, 0.25) is 0 Å². The van der Waals surface area contributed by atoms with Crippen molar-refractivity contribution < 1.29 is 9.59 Å². The molecule has 0 bridgehead atoms. The van der Waals surface area contributed by atoms with Crippen LogP contribution in [0.1, 0.15) is 31.4 Å². The molecule has 2 amide bonds. The Bertz CT molecular complexity index is 456. The first-order valence-corrected chi connectivity index (χ1v) is 7.09. The van der Waals surface area contributed by atoms with Crippen LogP contribution in [0.5, 0.6) is 0 Å². The van der Waals surface area contributed by atoms with Crippen LogP contribution in [0.25, 0.3) is 0 Å². The van der Waals surface area contributed by atoms with Crippen molar-refractivity contribution in [2.75, 3.05) is 13.1 Å². The molecule has 0 saturated carbocycles. The maximum Gasteiger partial charge on any atom is 0.222 e. The van der Waals surface area contributed by atoms with E-state index in [1.165, 1.54) is 11.1 Å². The summed E-state index contributed by atoms with van der Waals surface area (Å²) >= 11 is 0. The molecule has 0 spiro atoms. The van der Waals surface area contributed by atoms with Crippen LogP contribution in [-0.2, 0) is 16.0 Å². The lowest BCUT2D eigenvalue weighted by Crippen LogP contribution is -2.36. The highest BCUT2D eigenvalue weighted by Crippen LogP contribution is 2.06. The predicted molar refractivity (Wildman–Crippen MR) is 80.4 cm³/mol. The van der Waals surface area contributed by atoms with E-state index in [4.69, 9.17) is 0 Å². The second-order valence-corrected chi connectivity index (χ2v) is 5.28. The molecule has 20 heavy (non-hydrogen) atoms. The molecule has 1 rings (SSSR count). The first-order valence-electron chi connectivity index (χ1n) is 7.09. The summed E-state index contributed by atoms with van der Waals surface area (Å²) in [6.07, 6.45) is 1.22. The number of carbonyl (C=O) groups is 2. The largest absolute Gasteiger partial charge is 0.354 e. The molecule has 4 heteroatoms. The van der Waals surface area contributed by atoms with Gasteiger partial charge in [0, 0.05) is 25.4 Å². The van der Waals surface area contributed by atoms with Gasteiger partial charge in [-0.3, -0.25) is 9.59 Å². The molecule has 1 aromatic rings. The van der Waals surface area contributed by atoms with Gasteiger partial charge in [-0.25, -0.2) is 0 Å². The second-order valence-electron chi connectivity index (χ2n) is 5.28. The zero-order valence-electron chi connectivity index (χ0n) is 12.5. The Balaban J connectivity index is 2.16. The molecular weight excluding hydrogens is 252 g/mol. The predicted octanol–water partition coefficient (Wildman–Crippen LogP) is 1.82. The Morgan fingerprint density at radius 3 is 2.50 bits per heavy atom. The summed E-state index contributed by atoms with van der Waals surface area (Å²) in [7, 11) is 0. The minimum Gasteiger partial charge on any atom is -0.354 e. The SMILES string of the molecule is Cc1cccc(CCC(=O)NCCNC(=O)C(C)C)c1. The Morgan fingerprint density at radius 2 is 1.85 bits per heavy atom. The number of nitrogens with one attached hydrogen (secondary N) is 2. The van der Waals surface area contributed by atoms with Crippen molar-refractivity contribution in [1.29, 1.82) is 0 Å². The van der Waals surface area contributed by atoms with Crippen LogP contribution < -0.4 is 10.6 Å². The zero-order chi connectivity index (χ0) is 15.0. The van der Waals surface area contributed by atoms with Crippen molar-refractivity contribution in [3.05, 3.63) is 35.4 Å². The standard InChI is InChI=1S/C16H24N2O2/c1-12(2)16(20)18-10-9-17-15(19)8-7-14-6-4-5-13(3)11-14/h4-6,11-12H,7-10H2,1-3H3,(H,17,19)(H,18,20). The molecule has 2 N–H and O–H groups in total. The molecular formula is C16H24N2O2. The van der Waals surface area contributed by atoms with Crippen molar-refractivity contribution >= 4 is 11.8 Å². The zero-order valence-corrected chi connectivity index (χ0v) is 12.5. The normalized spacial score (nSPS) is 10.4. The van der Waals surface area contributed by atoms with Crippen LogP contribution in [0.4, 0.5) is 0 Å². The molecule has 1 aromatic carbocycles. The molecule has 0 aliphatic rings. The van der Waals surface area contributed by atoms with Crippen molar-refractivity contribution in [3.8, 4) is 0 Å². The summed E-state index contributed by atoms with van der Waals surface area (Å²) in [4.78, 5) is 23.0. The number of rotatable bonds is 7. The van der Waals surface area contributed by atoms with E-state index in [0.29, 0.717) is 19.5 Å². The molecule has 0 saturated heterocycles. The summed E-state index contributed by atoms with van der Waals surface area (Å²) in [6, 6.07) is 8.17. The van der Waals surface area contributed by atoms with Gasteiger partial charge in [0.05, 0.1) is 0 Å². The second kappa shape index (κ2) is 8.35. The average Bonchev–Trinajstić information content (AvgIpc) is 2.41. The fourth-order valence-corrected chi connectivity index (χ4v) is 1.81. The number of hydrogen-bond acceptors (Lipinski definition) is 2. The maximum absolute atomic E-state index is 11.7. The Kier molecular flexibility index (Phi) is 6.77. The van der Waals surface area contributed by atoms with Gasteiger partial charge in [0.1, 0.15) is 0 Å². The number of benzene rings is 1.